The molecule has 0 amide bonds. The first-order chi connectivity index (χ1) is 32.7. The summed E-state index contributed by atoms with van der Waals surface area (Å²) < 4.78 is 13.4. The maximum absolute atomic E-state index is 7.01. The van der Waals surface area contributed by atoms with E-state index in [-0.39, 0.29) is 22.3 Å². The van der Waals surface area contributed by atoms with Crippen LogP contribution in [0.25, 0.3) is 50.0 Å². The van der Waals surface area contributed by atoms with Crippen LogP contribution in [0, 0.1) is 35.0 Å². The van der Waals surface area contributed by atoms with Crippen molar-refractivity contribution >= 4 is 50.3 Å². The Kier molecular flexibility index (Phi) is 7.56. The van der Waals surface area contributed by atoms with Crippen LogP contribution in [0.3, 0.4) is 0 Å². The highest BCUT2D eigenvalue weighted by Gasteiger charge is 2.80. The van der Waals surface area contributed by atoms with Crippen LogP contribution in [0.5, 0.6) is 5.75 Å². The number of fused-ring (bicyclic) bond motifs is 11. The Morgan fingerprint density at radius 2 is 1.79 bits per heavy atom. The Morgan fingerprint density at radius 3 is 2.70 bits per heavy atom. The van der Waals surface area contributed by atoms with E-state index < -0.39 is 0 Å². The van der Waals surface area contributed by atoms with E-state index in [0.717, 1.165) is 106 Å². The van der Waals surface area contributed by atoms with E-state index >= 15 is 0 Å². The summed E-state index contributed by atoms with van der Waals surface area (Å²) in [5.74, 6) is 6.74. The van der Waals surface area contributed by atoms with Gasteiger partial charge in [-0.15, -0.1) is 0 Å². The number of anilines is 2. The van der Waals surface area contributed by atoms with Gasteiger partial charge in [0.1, 0.15) is 22.7 Å². The molecule has 328 valence electrons. The van der Waals surface area contributed by atoms with Crippen molar-refractivity contribution < 1.29 is 9.15 Å². The van der Waals surface area contributed by atoms with Crippen molar-refractivity contribution in [1.82, 2.24) is 15.0 Å². The summed E-state index contributed by atoms with van der Waals surface area (Å²) in [6.07, 6.45) is 30.2. The first-order valence-corrected chi connectivity index (χ1v) is 24.7. The van der Waals surface area contributed by atoms with Gasteiger partial charge in [-0.2, -0.15) is 9.97 Å². The monoisotopic (exact) mass is 872 g/mol. The van der Waals surface area contributed by atoms with Crippen molar-refractivity contribution in [3.05, 3.63) is 185 Å². The van der Waals surface area contributed by atoms with Gasteiger partial charge in [0, 0.05) is 50.3 Å². The van der Waals surface area contributed by atoms with E-state index in [0.29, 0.717) is 23.7 Å². The molecule has 0 radical (unpaired) electrons. The fraction of sp³-hybridized carbons (Fsp3) is 0.295. The van der Waals surface area contributed by atoms with Crippen molar-refractivity contribution in [3.63, 3.8) is 0 Å². The summed E-state index contributed by atoms with van der Waals surface area (Å²) in [5, 5.41) is 2.24. The highest BCUT2D eigenvalue weighted by molar-refractivity contribution is 6.10. The van der Waals surface area contributed by atoms with Crippen LogP contribution in [0.2, 0.25) is 0 Å². The van der Waals surface area contributed by atoms with Gasteiger partial charge in [0.2, 0.25) is 5.95 Å². The Bertz CT molecular complexity index is 3470. The number of aromatic nitrogens is 3. The number of allylic oxidation sites excluding steroid dienone is 14. The van der Waals surface area contributed by atoms with Gasteiger partial charge < -0.3 is 14.1 Å². The number of benzene rings is 4. The molecule has 3 saturated carbocycles. The molecule has 7 unspecified atom stereocenters. The van der Waals surface area contributed by atoms with Gasteiger partial charge in [-0.1, -0.05) is 131 Å². The number of rotatable bonds is 6. The summed E-state index contributed by atoms with van der Waals surface area (Å²) >= 11 is 0. The molecule has 15 rings (SSSR count). The lowest BCUT2D eigenvalue weighted by molar-refractivity contribution is 0.399. The topological polar surface area (TPSA) is 64.3 Å². The lowest BCUT2D eigenvalue weighted by Crippen LogP contribution is -2.47. The van der Waals surface area contributed by atoms with Crippen LogP contribution in [0.1, 0.15) is 86.5 Å². The van der Waals surface area contributed by atoms with Gasteiger partial charge in [-0.3, -0.25) is 0 Å². The van der Waals surface area contributed by atoms with Crippen LogP contribution < -0.4 is 9.64 Å². The third kappa shape index (κ3) is 5.25. The SMILES string of the molecule is C=C/C(=C\C=C1/Cc2ccccc2O1)c1cc2c(oc3ccccc32)c2c1N(c1nc(C3=CCC=CCC3C)nc(-c3ccc4c(c3)C(C)(C)C3=C4C=CC4CC34)n1)C13CC1(C=CC1CC13)C2. The van der Waals surface area contributed by atoms with Gasteiger partial charge in [-0.05, 0) is 132 Å². The zero-order valence-electron chi connectivity index (χ0n) is 38.4. The maximum Gasteiger partial charge on any atom is 0.234 e. The van der Waals surface area contributed by atoms with E-state index in [9.17, 15) is 0 Å². The smallest absolute Gasteiger partial charge is 0.234 e. The van der Waals surface area contributed by atoms with Crippen LogP contribution in [0.15, 0.2) is 156 Å². The average molecular weight is 873 g/mol. The third-order valence-corrected chi connectivity index (χ3v) is 17.5. The molecular formula is C61H52N4O2. The molecule has 7 aliphatic carbocycles. The van der Waals surface area contributed by atoms with Crippen molar-refractivity contribution in [2.45, 2.75) is 76.7 Å². The van der Waals surface area contributed by atoms with Crippen LogP contribution >= 0.6 is 0 Å². The first kappa shape index (κ1) is 38.3. The molecule has 0 spiro atoms. The molecule has 0 saturated heterocycles. The lowest BCUT2D eigenvalue weighted by atomic mass is 9.77. The molecule has 6 heteroatoms. The number of para-hydroxylation sites is 2. The number of hydrogen-bond donors (Lipinski definition) is 0. The molecule has 3 fully saturated rings. The predicted octanol–water partition coefficient (Wildman–Crippen LogP) is 14.2. The minimum absolute atomic E-state index is 0.0662. The zero-order valence-corrected chi connectivity index (χ0v) is 38.4. The van der Waals surface area contributed by atoms with Gasteiger partial charge in [0.15, 0.2) is 11.6 Å². The molecule has 2 aromatic heterocycles. The Labute approximate surface area is 391 Å². The summed E-state index contributed by atoms with van der Waals surface area (Å²) in [4.78, 5) is 19.6. The first-order valence-electron chi connectivity index (χ1n) is 24.7. The van der Waals surface area contributed by atoms with Crippen molar-refractivity contribution in [3.8, 4) is 17.1 Å². The van der Waals surface area contributed by atoms with Gasteiger partial charge in [0.05, 0.1) is 11.2 Å². The molecule has 0 N–H and O–H groups in total. The Balaban J connectivity index is 0.977. The highest BCUT2D eigenvalue weighted by atomic mass is 16.5. The van der Waals surface area contributed by atoms with E-state index in [1.54, 1.807) is 5.57 Å². The Morgan fingerprint density at radius 1 is 0.910 bits per heavy atom. The molecule has 7 atom stereocenters. The van der Waals surface area contributed by atoms with Crippen molar-refractivity contribution in [2.24, 2.45) is 35.0 Å². The second-order valence-corrected chi connectivity index (χ2v) is 21.6. The molecule has 6 aromatic rings. The molecule has 0 bridgehead atoms. The highest BCUT2D eigenvalue weighted by Crippen LogP contribution is 2.79. The number of nitrogens with zero attached hydrogens (tertiary/aromatic N) is 4. The van der Waals surface area contributed by atoms with Gasteiger partial charge >= 0.3 is 0 Å². The van der Waals surface area contributed by atoms with Gasteiger partial charge in [-0.25, -0.2) is 4.98 Å². The quantitative estimate of drug-likeness (QED) is 0.123. The molecule has 9 aliphatic rings. The van der Waals surface area contributed by atoms with Crippen LogP contribution in [-0.4, -0.2) is 20.5 Å². The van der Waals surface area contributed by atoms with Crippen LogP contribution in [0.4, 0.5) is 11.6 Å². The van der Waals surface area contributed by atoms with E-state index in [4.69, 9.17) is 24.1 Å². The van der Waals surface area contributed by atoms with E-state index in [1.165, 1.54) is 46.2 Å². The fourth-order valence-corrected chi connectivity index (χ4v) is 14.0. The summed E-state index contributed by atoms with van der Waals surface area (Å²) in [5.41, 5.74) is 15.2. The summed E-state index contributed by atoms with van der Waals surface area (Å²) in [6.45, 7) is 11.7. The molecule has 6 nitrogen and oxygen atoms in total. The van der Waals surface area contributed by atoms with Crippen molar-refractivity contribution in [2.75, 3.05) is 4.90 Å². The summed E-state index contributed by atoms with van der Waals surface area (Å²) in [6, 6.07) is 26.2. The lowest BCUT2D eigenvalue weighted by Gasteiger charge is -2.44. The molecular weight excluding hydrogens is 821 g/mol. The second kappa shape index (κ2) is 13.2. The number of ether oxygens (including phenoxy) is 1. The molecule has 4 heterocycles. The number of furan rings is 1. The van der Waals surface area contributed by atoms with Crippen molar-refractivity contribution in [1.29, 1.82) is 0 Å². The number of hydrogen-bond acceptors (Lipinski definition) is 6. The fourth-order valence-electron chi connectivity index (χ4n) is 14.0. The minimum Gasteiger partial charge on any atom is -0.461 e. The largest absolute Gasteiger partial charge is 0.461 e. The summed E-state index contributed by atoms with van der Waals surface area (Å²) in [7, 11) is 0. The maximum atomic E-state index is 7.01. The predicted molar refractivity (Wildman–Crippen MR) is 269 cm³/mol. The van der Waals surface area contributed by atoms with Gasteiger partial charge in [0.25, 0.3) is 0 Å². The molecule has 67 heavy (non-hydrogen) atoms. The zero-order chi connectivity index (χ0) is 44.6. The molecule has 4 aromatic carbocycles. The Hall–Kier alpha value is -6.79. The molecule has 2 aliphatic heterocycles. The van der Waals surface area contributed by atoms with E-state index in [1.807, 2.05) is 12.1 Å². The minimum atomic E-state index is -0.189. The van der Waals surface area contributed by atoms with Crippen LogP contribution in [-0.2, 0) is 18.3 Å². The van der Waals surface area contributed by atoms with E-state index in [2.05, 4.69) is 154 Å². The average Bonchev–Trinajstić information content (AvgIpc) is 4.29. The normalized spacial score (nSPS) is 30.1. The third-order valence-electron chi connectivity index (χ3n) is 17.5. The standard InChI is InChI=1S/C61H52N4O2/c1-5-35(19-22-40-27-38-14-9-11-17-51(38)66-40)46-31-47-43-16-10-12-18-52(43)67-55(47)48-32-60-26-25-37-29-49(37)61(60,33-60)65(54(46)48)58-63-56(62-57(64-58)41-15-8-6-7-13-34(41)2)39-21-23-42-44-24-20-36-28-45(36)53(44)59(3,4)50(42)30-39/h5-7,9-12,14-26,30-31,34,36-37,45,49H,1,8,13,27-29,32-33H2,2-4H3/b35-19+,40-22+. The second-order valence-electron chi connectivity index (χ2n) is 21.6.